The minimum Gasteiger partial charge on any atom is -0.368 e. The molecule has 0 aliphatic carbocycles. The lowest BCUT2D eigenvalue weighted by Gasteiger charge is -2.27. The average Bonchev–Trinajstić information content (AvgIpc) is 2.85. The van der Waals surface area contributed by atoms with Crippen molar-refractivity contribution < 1.29 is 9.26 Å². The Labute approximate surface area is 121 Å². The van der Waals surface area contributed by atoms with E-state index in [-0.39, 0.29) is 11.2 Å². The molecule has 5 nitrogen and oxygen atoms in total. The highest BCUT2D eigenvalue weighted by Crippen LogP contribution is 2.37. The van der Waals surface area contributed by atoms with Crippen molar-refractivity contribution in [1.82, 2.24) is 15.5 Å². The Balaban J connectivity index is 1.87. The second-order valence-corrected chi connectivity index (χ2v) is 6.81. The summed E-state index contributed by atoms with van der Waals surface area (Å²) in [5.41, 5.74) is -0.253. The van der Waals surface area contributed by atoms with E-state index in [0.717, 1.165) is 31.5 Å². The summed E-state index contributed by atoms with van der Waals surface area (Å²) in [7, 11) is 0. The predicted molar refractivity (Wildman–Crippen MR) is 77.4 cm³/mol. The molecule has 0 unspecified atom stereocenters. The summed E-state index contributed by atoms with van der Waals surface area (Å²) >= 11 is 0. The van der Waals surface area contributed by atoms with Crippen molar-refractivity contribution >= 4 is 0 Å². The van der Waals surface area contributed by atoms with E-state index in [1.807, 2.05) is 0 Å². The fourth-order valence-corrected chi connectivity index (χ4v) is 2.89. The number of aromatic nitrogens is 2. The highest BCUT2D eigenvalue weighted by molar-refractivity contribution is 4.99. The van der Waals surface area contributed by atoms with Gasteiger partial charge in [0.2, 0.25) is 5.89 Å². The summed E-state index contributed by atoms with van der Waals surface area (Å²) in [6.45, 7) is 11.3. The maximum atomic E-state index is 6.07. The highest BCUT2D eigenvalue weighted by atomic mass is 16.5. The van der Waals surface area contributed by atoms with E-state index in [1.165, 1.54) is 0 Å². The third kappa shape index (κ3) is 3.79. The molecule has 1 aliphatic rings. The van der Waals surface area contributed by atoms with Gasteiger partial charge in [-0.25, -0.2) is 0 Å². The molecule has 114 valence electrons. The van der Waals surface area contributed by atoms with Crippen LogP contribution in [0.15, 0.2) is 4.52 Å². The van der Waals surface area contributed by atoms with Gasteiger partial charge in [-0.15, -0.1) is 0 Å². The van der Waals surface area contributed by atoms with Crippen LogP contribution in [-0.2, 0) is 17.7 Å². The molecular weight excluding hydrogens is 254 g/mol. The maximum Gasteiger partial charge on any atom is 0.240 e. The molecule has 0 spiro atoms. The van der Waals surface area contributed by atoms with E-state index >= 15 is 0 Å². The van der Waals surface area contributed by atoms with Gasteiger partial charge in [0.15, 0.2) is 5.82 Å². The molecule has 0 amide bonds. The number of nitrogens with zero attached hydrogens (tertiary/aromatic N) is 2. The monoisotopic (exact) mass is 281 g/mol. The number of nitrogens with one attached hydrogen (secondary N) is 1. The average molecular weight is 281 g/mol. The molecule has 20 heavy (non-hydrogen) atoms. The van der Waals surface area contributed by atoms with E-state index in [2.05, 4.69) is 50.1 Å². The fourth-order valence-electron chi connectivity index (χ4n) is 2.89. The SMILES string of the molecule is CCCCc1noc(CN[C@H]2CC(C)(C)OC2(C)C)n1. The fraction of sp³-hybridized carbons (Fsp3) is 0.867. The van der Waals surface area contributed by atoms with Crippen molar-refractivity contribution in [3.63, 3.8) is 0 Å². The summed E-state index contributed by atoms with van der Waals surface area (Å²) in [6, 6.07) is 0.295. The van der Waals surface area contributed by atoms with Crippen LogP contribution in [0, 0.1) is 0 Å². The first-order chi connectivity index (χ1) is 9.32. The van der Waals surface area contributed by atoms with Crippen molar-refractivity contribution in [2.24, 2.45) is 0 Å². The standard InChI is InChI=1S/C15H27N3O2/c1-6-7-8-12-17-13(19-18-12)10-16-11-9-14(2,3)20-15(11,4)5/h11,16H,6-10H2,1-5H3/t11-/m0/s1. The van der Waals surface area contributed by atoms with Crippen LogP contribution >= 0.6 is 0 Å². The van der Waals surface area contributed by atoms with Gasteiger partial charge in [0.05, 0.1) is 17.7 Å². The van der Waals surface area contributed by atoms with Gasteiger partial charge in [-0.1, -0.05) is 18.5 Å². The Kier molecular flexibility index (Phi) is 4.49. The van der Waals surface area contributed by atoms with Gasteiger partial charge in [-0.05, 0) is 40.5 Å². The van der Waals surface area contributed by atoms with Crippen molar-refractivity contribution in [2.75, 3.05) is 0 Å². The molecule has 0 radical (unpaired) electrons. The predicted octanol–water partition coefficient (Wildman–Crippen LogP) is 2.85. The second kappa shape index (κ2) is 5.82. The summed E-state index contributed by atoms with van der Waals surface area (Å²) in [4.78, 5) is 4.41. The van der Waals surface area contributed by atoms with Crippen molar-refractivity contribution in [1.29, 1.82) is 0 Å². The van der Waals surface area contributed by atoms with Crippen LogP contribution in [0.5, 0.6) is 0 Å². The Morgan fingerprint density at radius 1 is 1.30 bits per heavy atom. The Morgan fingerprint density at radius 2 is 2.05 bits per heavy atom. The number of aryl methyl sites for hydroxylation is 1. The Morgan fingerprint density at radius 3 is 2.65 bits per heavy atom. The zero-order chi connectivity index (χ0) is 14.8. The zero-order valence-electron chi connectivity index (χ0n) is 13.3. The number of unbranched alkanes of at least 4 members (excludes halogenated alkanes) is 1. The quantitative estimate of drug-likeness (QED) is 0.869. The minimum absolute atomic E-state index is 0.0811. The molecule has 1 saturated heterocycles. The highest BCUT2D eigenvalue weighted by Gasteiger charge is 2.45. The Hall–Kier alpha value is -0.940. The lowest BCUT2D eigenvalue weighted by Crippen LogP contribution is -2.43. The van der Waals surface area contributed by atoms with Crippen LogP contribution in [0.25, 0.3) is 0 Å². The van der Waals surface area contributed by atoms with Gasteiger partial charge in [0.1, 0.15) is 0 Å². The first kappa shape index (κ1) is 15.4. The lowest BCUT2D eigenvalue weighted by molar-refractivity contribution is -0.0700. The van der Waals surface area contributed by atoms with Gasteiger partial charge < -0.3 is 14.6 Å². The summed E-state index contributed by atoms with van der Waals surface area (Å²) in [5, 5.41) is 7.50. The third-order valence-corrected chi connectivity index (χ3v) is 3.84. The molecule has 1 atom stereocenters. The van der Waals surface area contributed by atoms with E-state index in [0.29, 0.717) is 18.5 Å². The molecule has 1 N–H and O–H groups in total. The smallest absolute Gasteiger partial charge is 0.240 e. The van der Waals surface area contributed by atoms with E-state index in [4.69, 9.17) is 9.26 Å². The lowest BCUT2D eigenvalue weighted by atomic mass is 9.94. The number of ether oxygens (including phenoxy) is 1. The third-order valence-electron chi connectivity index (χ3n) is 3.84. The largest absolute Gasteiger partial charge is 0.368 e. The molecule has 1 aromatic heterocycles. The van der Waals surface area contributed by atoms with Crippen molar-refractivity contribution in [3.05, 3.63) is 11.7 Å². The van der Waals surface area contributed by atoms with Crippen LogP contribution in [0.4, 0.5) is 0 Å². The van der Waals surface area contributed by atoms with Gasteiger partial charge in [0, 0.05) is 12.5 Å². The number of rotatable bonds is 6. The van der Waals surface area contributed by atoms with Crippen LogP contribution in [0.3, 0.4) is 0 Å². The van der Waals surface area contributed by atoms with Crippen LogP contribution in [0.1, 0.15) is 65.6 Å². The maximum absolute atomic E-state index is 6.07. The van der Waals surface area contributed by atoms with Crippen molar-refractivity contribution in [3.8, 4) is 0 Å². The molecule has 2 heterocycles. The molecule has 1 fully saturated rings. The summed E-state index contributed by atoms with van der Waals surface area (Å²) in [6.07, 6.45) is 4.12. The van der Waals surface area contributed by atoms with Crippen LogP contribution in [-0.4, -0.2) is 27.4 Å². The molecule has 2 rings (SSSR count). The molecule has 0 aromatic carbocycles. The number of hydrogen-bond donors (Lipinski definition) is 1. The summed E-state index contributed by atoms with van der Waals surface area (Å²) in [5.74, 6) is 1.47. The van der Waals surface area contributed by atoms with E-state index in [9.17, 15) is 0 Å². The first-order valence-corrected chi connectivity index (χ1v) is 7.57. The zero-order valence-corrected chi connectivity index (χ0v) is 13.3. The van der Waals surface area contributed by atoms with Gasteiger partial charge in [-0.2, -0.15) is 4.98 Å². The molecule has 5 heteroatoms. The Bertz CT molecular complexity index is 440. The molecule has 1 aromatic rings. The van der Waals surface area contributed by atoms with Crippen molar-refractivity contribution in [2.45, 2.75) is 84.1 Å². The normalized spacial score (nSPS) is 24.1. The molecule has 0 saturated carbocycles. The van der Waals surface area contributed by atoms with Crippen LogP contribution in [0.2, 0.25) is 0 Å². The van der Waals surface area contributed by atoms with Gasteiger partial charge in [-0.3, -0.25) is 0 Å². The minimum atomic E-state index is -0.172. The van der Waals surface area contributed by atoms with Gasteiger partial charge >= 0.3 is 0 Å². The molecule has 0 bridgehead atoms. The molecule has 1 aliphatic heterocycles. The number of hydrogen-bond acceptors (Lipinski definition) is 5. The second-order valence-electron chi connectivity index (χ2n) is 6.81. The topological polar surface area (TPSA) is 60.2 Å². The first-order valence-electron chi connectivity index (χ1n) is 7.57. The van der Waals surface area contributed by atoms with E-state index < -0.39 is 0 Å². The molecular formula is C15H27N3O2. The van der Waals surface area contributed by atoms with Crippen LogP contribution < -0.4 is 5.32 Å². The summed E-state index contributed by atoms with van der Waals surface area (Å²) < 4.78 is 11.3. The van der Waals surface area contributed by atoms with Gasteiger partial charge in [0.25, 0.3) is 0 Å². The van der Waals surface area contributed by atoms with E-state index in [1.54, 1.807) is 0 Å².